The third-order valence-corrected chi connectivity index (χ3v) is 3.98. The van der Waals surface area contributed by atoms with Crippen LogP contribution in [0, 0.1) is 29.9 Å². The van der Waals surface area contributed by atoms with Gasteiger partial charge < -0.3 is 15.4 Å². The minimum absolute atomic E-state index is 0.201. The molecule has 1 unspecified atom stereocenters. The Morgan fingerprint density at radius 1 is 1.48 bits per heavy atom. The van der Waals surface area contributed by atoms with Crippen LogP contribution in [0.3, 0.4) is 0 Å². The largest absolute Gasteiger partial charge is 0.390 e. The summed E-state index contributed by atoms with van der Waals surface area (Å²) in [4.78, 5) is 22.5. The molecule has 0 aliphatic carbocycles. The van der Waals surface area contributed by atoms with Gasteiger partial charge in [0.2, 0.25) is 5.91 Å². The van der Waals surface area contributed by atoms with Crippen LogP contribution in [-0.2, 0) is 11.3 Å². The van der Waals surface area contributed by atoms with E-state index >= 15 is 0 Å². The van der Waals surface area contributed by atoms with Gasteiger partial charge in [0.25, 0.3) is 0 Å². The molecule has 0 radical (unpaired) electrons. The Hall–Kier alpha value is -2.41. The number of amides is 1. The van der Waals surface area contributed by atoms with E-state index in [2.05, 4.69) is 10.4 Å². The first-order valence-corrected chi connectivity index (χ1v) is 7.42. The van der Waals surface area contributed by atoms with Gasteiger partial charge in [-0.15, -0.1) is 0 Å². The Morgan fingerprint density at radius 2 is 2.17 bits per heavy atom. The van der Waals surface area contributed by atoms with Crippen molar-refractivity contribution >= 4 is 29.0 Å². The first-order chi connectivity index (χ1) is 10.8. The number of aromatic nitrogens is 2. The SMILES string of the molecule is Cc1c(Cl)cccc1NC(=O)C(C)Cn1nc([N+](=O)[O-])cc1C. The highest BCUT2D eigenvalue weighted by molar-refractivity contribution is 6.31. The van der Waals surface area contributed by atoms with Gasteiger partial charge in [-0.05, 0) is 36.5 Å². The highest BCUT2D eigenvalue weighted by Gasteiger charge is 2.21. The fraction of sp³-hybridized carbons (Fsp3) is 0.333. The van der Waals surface area contributed by atoms with E-state index in [1.165, 1.54) is 10.7 Å². The lowest BCUT2D eigenvalue weighted by Gasteiger charge is -2.13. The molecule has 0 bridgehead atoms. The van der Waals surface area contributed by atoms with Gasteiger partial charge in [-0.2, -0.15) is 4.68 Å². The summed E-state index contributed by atoms with van der Waals surface area (Å²) in [6.07, 6.45) is 0. The topological polar surface area (TPSA) is 90.1 Å². The smallest absolute Gasteiger partial charge is 0.358 e. The monoisotopic (exact) mass is 336 g/mol. The summed E-state index contributed by atoms with van der Waals surface area (Å²) in [5.74, 6) is -0.833. The number of halogens is 1. The molecular weight excluding hydrogens is 320 g/mol. The lowest BCUT2D eigenvalue weighted by Crippen LogP contribution is -2.25. The van der Waals surface area contributed by atoms with Crippen LogP contribution in [-0.4, -0.2) is 20.6 Å². The van der Waals surface area contributed by atoms with Crippen molar-refractivity contribution < 1.29 is 9.72 Å². The summed E-state index contributed by atoms with van der Waals surface area (Å²) >= 11 is 6.03. The van der Waals surface area contributed by atoms with Gasteiger partial charge >= 0.3 is 5.82 Å². The normalized spacial score (nSPS) is 12.0. The number of carbonyl (C=O) groups excluding carboxylic acids is 1. The average molecular weight is 337 g/mol. The molecule has 0 spiro atoms. The minimum Gasteiger partial charge on any atom is -0.358 e. The fourth-order valence-electron chi connectivity index (χ4n) is 2.11. The van der Waals surface area contributed by atoms with Gasteiger partial charge in [-0.25, -0.2) is 0 Å². The van der Waals surface area contributed by atoms with Crippen molar-refractivity contribution in [2.75, 3.05) is 5.32 Å². The van der Waals surface area contributed by atoms with E-state index in [1.807, 2.05) is 6.92 Å². The van der Waals surface area contributed by atoms with E-state index in [0.717, 1.165) is 5.56 Å². The Labute approximate surface area is 138 Å². The second-order valence-electron chi connectivity index (χ2n) is 5.39. The Bertz CT molecular complexity index is 757. The fourth-order valence-corrected chi connectivity index (χ4v) is 2.28. The molecule has 7 nitrogen and oxygen atoms in total. The standard InChI is InChI=1S/C15H17ClN4O3/c1-9(8-19-10(2)7-14(18-19)20(22)23)15(21)17-13-6-4-5-12(16)11(13)3/h4-7,9H,8H2,1-3H3,(H,17,21). The summed E-state index contributed by atoms with van der Waals surface area (Å²) in [6.45, 7) is 5.53. The second-order valence-corrected chi connectivity index (χ2v) is 5.79. The molecule has 1 atom stereocenters. The first-order valence-electron chi connectivity index (χ1n) is 7.04. The molecule has 1 N–H and O–H groups in total. The zero-order valence-corrected chi connectivity index (χ0v) is 13.8. The molecule has 1 aromatic carbocycles. The zero-order chi connectivity index (χ0) is 17.1. The van der Waals surface area contributed by atoms with Crippen molar-refractivity contribution in [3.05, 3.63) is 50.7 Å². The number of rotatable bonds is 5. The highest BCUT2D eigenvalue weighted by atomic mass is 35.5. The predicted octanol–water partition coefficient (Wildman–Crippen LogP) is 3.34. The van der Waals surface area contributed by atoms with Gasteiger partial charge in [-0.3, -0.25) is 4.79 Å². The van der Waals surface area contributed by atoms with Crippen molar-refractivity contribution in [1.29, 1.82) is 0 Å². The number of nitrogens with zero attached hydrogens (tertiary/aromatic N) is 3. The summed E-state index contributed by atoms with van der Waals surface area (Å²) in [6, 6.07) is 6.67. The number of nitro groups is 1. The van der Waals surface area contributed by atoms with Crippen LogP contribution in [0.2, 0.25) is 5.02 Å². The molecule has 2 rings (SSSR count). The molecular formula is C15H17ClN4O3. The number of carbonyl (C=O) groups is 1. The summed E-state index contributed by atoms with van der Waals surface area (Å²) in [5.41, 5.74) is 2.08. The van der Waals surface area contributed by atoms with Crippen LogP contribution in [0.1, 0.15) is 18.2 Å². The number of anilines is 1. The maximum atomic E-state index is 12.3. The Kier molecular flexibility index (Phi) is 5.00. The first kappa shape index (κ1) is 17.0. The number of benzene rings is 1. The molecule has 0 aliphatic rings. The van der Waals surface area contributed by atoms with Crippen molar-refractivity contribution in [1.82, 2.24) is 9.78 Å². The van der Waals surface area contributed by atoms with Gasteiger partial charge in [0, 0.05) is 10.7 Å². The molecule has 0 saturated heterocycles. The number of hydrogen-bond acceptors (Lipinski definition) is 4. The molecule has 2 aromatic rings. The average Bonchev–Trinajstić information content (AvgIpc) is 2.85. The van der Waals surface area contributed by atoms with Crippen molar-refractivity contribution in [3.63, 3.8) is 0 Å². The van der Waals surface area contributed by atoms with Crippen molar-refractivity contribution in [2.24, 2.45) is 5.92 Å². The molecule has 23 heavy (non-hydrogen) atoms. The molecule has 0 fully saturated rings. The second kappa shape index (κ2) is 6.78. The van der Waals surface area contributed by atoms with Crippen LogP contribution in [0.5, 0.6) is 0 Å². The van der Waals surface area contributed by atoms with E-state index in [1.54, 1.807) is 32.0 Å². The summed E-state index contributed by atoms with van der Waals surface area (Å²) in [7, 11) is 0. The quantitative estimate of drug-likeness (QED) is 0.669. The third kappa shape index (κ3) is 3.87. The van der Waals surface area contributed by atoms with Gasteiger partial charge in [0.15, 0.2) is 0 Å². The van der Waals surface area contributed by atoms with Gasteiger partial charge in [0.05, 0.1) is 29.3 Å². The Balaban J connectivity index is 2.08. The van der Waals surface area contributed by atoms with E-state index in [9.17, 15) is 14.9 Å². The van der Waals surface area contributed by atoms with Crippen LogP contribution in [0.4, 0.5) is 11.5 Å². The molecule has 0 saturated carbocycles. The lowest BCUT2D eigenvalue weighted by atomic mass is 10.1. The molecule has 1 aromatic heterocycles. The molecule has 0 aliphatic heterocycles. The number of aryl methyl sites for hydroxylation is 1. The molecule has 1 heterocycles. The van der Waals surface area contributed by atoms with Crippen LogP contribution in [0.15, 0.2) is 24.3 Å². The van der Waals surface area contributed by atoms with E-state index in [0.29, 0.717) is 16.4 Å². The van der Waals surface area contributed by atoms with Gasteiger partial charge in [-0.1, -0.05) is 24.6 Å². The Morgan fingerprint density at radius 3 is 2.78 bits per heavy atom. The number of nitrogens with one attached hydrogen (secondary N) is 1. The van der Waals surface area contributed by atoms with E-state index < -0.39 is 10.8 Å². The summed E-state index contributed by atoms with van der Waals surface area (Å²) in [5, 5.41) is 18.0. The zero-order valence-electron chi connectivity index (χ0n) is 13.0. The van der Waals surface area contributed by atoms with Gasteiger partial charge in [0.1, 0.15) is 0 Å². The molecule has 8 heteroatoms. The molecule has 122 valence electrons. The van der Waals surface area contributed by atoms with Crippen molar-refractivity contribution in [3.8, 4) is 0 Å². The van der Waals surface area contributed by atoms with E-state index in [-0.39, 0.29) is 18.3 Å². The van der Waals surface area contributed by atoms with Crippen LogP contribution >= 0.6 is 11.6 Å². The van der Waals surface area contributed by atoms with Crippen molar-refractivity contribution in [2.45, 2.75) is 27.3 Å². The highest BCUT2D eigenvalue weighted by Crippen LogP contribution is 2.23. The third-order valence-electron chi connectivity index (χ3n) is 3.58. The van der Waals surface area contributed by atoms with Crippen LogP contribution < -0.4 is 5.32 Å². The maximum absolute atomic E-state index is 12.3. The predicted molar refractivity (Wildman–Crippen MR) is 87.6 cm³/mol. The van der Waals surface area contributed by atoms with Crippen LogP contribution in [0.25, 0.3) is 0 Å². The molecule has 1 amide bonds. The number of hydrogen-bond donors (Lipinski definition) is 1. The summed E-state index contributed by atoms with van der Waals surface area (Å²) < 4.78 is 1.47. The minimum atomic E-state index is -0.552. The lowest BCUT2D eigenvalue weighted by molar-refractivity contribution is -0.389. The maximum Gasteiger partial charge on any atom is 0.390 e. The van der Waals surface area contributed by atoms with E-state index in [4.69, 9.17) is 11.6 Å².